The molecule has 3 aromatic rings. The zero-order valence-corrected chi connectivity index (χ0v) is 10.7. The van der Waals surface area contributed by atoms with E-state index in [9.17, 15) is 9.90 Å². The molecule has 0 aliphatic heterocycles. The van der Waals surface area contributed by atoms with E-state index in [1.54, 1.807) is 26.0 Å². The number of methoxy groups -OCH3 is 1. The lowest BCUT2D eigenvalue weighted by molar-refractivity contribution is 0.0700. The zero-order valence-electron chi connectivity index (χ0n) is 10.7. The summed E-state index contributed by atoms with van der Waals surface area (Å²) in [7, 11) is 1.52. The van der Waals surface area contributed by atoms with E-state index in [0.29, 0.717) is 39.2 Å². The largest absolute Gasteiger partial charge is 0.492 e. The first-order valence-corrected chi connectivity index (χ1v) is 5.76. The topological polar surface area (TPSA) is 72.8 Å². The van der Waals surface area contributed by atoms with Crippen LogP contribution in [0.1, 0.15) is 21.9 Å². The molecule has 0 radical (unpaired) electrons. The van der Waals surface area contributed by atoms with Gasteiger partial charge >= 0.3 is 5.97 Å². The first kappa shape index (κ1) is 11.6. The summed E-state index contributed by atoms with van der Waals surface area (Å²) < 4.78 is 16.4. The van der Waals surface area contributed by atoms with Crippen molar-refractivity contribution in [2.24, 2.45) is 0 Å². The van der Waals surface area contributed by atoms with Crippen LogP contribution in [0.4, 0.5) is 0 Å². The molecule has 98 valence electrons. The maximum Gasteiger partial charge on any atom is 0.340 e. The molecule has 2 aromatic heterocycles. The first-order valence-electron chi connectivity index (χ1n) is 5.76. The van der Waals surface area contributed by atoms with E-state index in [2.05, 4.69) is 0 Å². The third kappa shape index (κ3) is 1.51. The Morgan fingerprint density at radius 3 is 2.26 bits per heavy atom. The molecular weight excluding hydrogens is 248 g/mol. The van der Waals surface area contributed by atoms with Crippen LogP contribution in [-0.4, -0.2) is 18.2 Å². The van der Waals surface area contributed by atoms with E-state index in [1.807, 2.05) is 0 Å². The highest BCUT2D eigenvalue weighted by atomic mass is 16.5. The maximum absolute atomic E-state index is 11.5. The van der Waals surface area contributed by atoms with Gasteiger partial charge in [0.15, 0.2) is 16.9 Å². The standard InChI is InChI=1S/C14H12O5/c1-6-4-8-10(14(15)16)11-9(5-7(2)18-11)12(17-3)13(8)19-6/h4-5H,1-3H3,(H,15,16). The summed E-state index contributed by atoms with van der Waals surface area (Å²) in [5, 5.41) is 10.5. The third-order valence-electron chi connectivity index (χ3n) is 3.08. The van der Waals surface area contributed by atoms with Gasteiger partial charge in [0.25, 0.3) is 0 Å². The third-order valence-corrected chi connectivity index (χ3v) is 3.08. The number of carboxylic acid groups (broad SMARTS) is 1. The first-order chi connectivity index (χ1) is 9.02. The zero-order chi connectivity index (χ0) is 13.7. The quantitative estimate of drug-likeness (QED) is 0.763. The average Bonchev–Trinajstić information content (AvgIpc) is 2.86. The van der Waals surface area contributed by atoms with Crippen LogP contribution in [0.3, 0.4) is 0 Å². The summed E-state index contributed by atoms with van der Waals surface area (Å²) in [6.07, 6.45) is 0. The number of benzene rings is 1. The van der Waals surface area contributed by atoms with Crippen molar-refractivity contribution in [2.45, 2.75) is 13.8 Å². The second-order valence-corrected chi connectivity index (χ2v) is 4.41. The summed E-state index contributed by atoms with van der Waals surface area (Å²) in [6, 6.07) is 3.43. The van der Waals surface area contributed by atoms with Crippen molar-refractivity contribution >= 4 is 27.9 Å². The number of ether oxygens (including phenoxy) is 1. The summed E-state index contributed by atoms with van der Waals surface area (Å²) in [5.74, 6) is 0.702. The van der Waals surface area contributed by atoms with Gasteiger partial charge in [-0.3, -0.25) is 0 Å². The molecule has 2 heterocycles. The number of fused-ring (bicyclic) bond motifs is 2. The van der Waals surface area contributed by atoms with Crippen LogP contribution < -0.4 is 4.74 Å². The minimum absolute atomic E-state index is 0.107. The van der Waals surface area contributed by atoms with E-state index < -0.39 is 5.97 Å². The second-order valence-electron chi connectivity index (χ2n) is 4.41. The van der Waals surface area contributed by atoms with Crippen molar-refractivity contribution < 1.29 is 23.5 Å². The predicted molar refractivity (Wildman–Crippen MR) is 69.0 cm³/mol. The number of carboxylic acids is 1. The monoisotopic (exact) mass is 260 g/mol. The fourth-order valence-corrected chi connectivity index (χ4v) is 2.40. The number of carbonyl (C=O) groups is 1. The van der Waals surface area contributed by atoms with Gasteiger partial charge in [0.1, 0.15) is 17.1 Å². The van der Waals surface area contributed by atoms with E-state index >= 15 is 0 Å². The molecule has 19 heavy (non-hydrogen) atoms. The molecule has 1 aromatic carbocycles. The number of aromatic carboxylic acids is 1. The Kier molecular flexibility index (Phi) is 2.32. The van der Waals surface area contributed by atoms with Gasteiger partial charge < -0.3 is 18.7 Å². The number of hydrogen-bond acceptors (Lipinski definition) is 4. The molecule has 0 fully saturated rings. The summed E-state index contributed by atoms with van der Waals surface area (Å²) in [4.78, 5) is 11.5. The van der Waals surface area contributed by atoms with Crippen LogP contribution in [0.25, 0.3) is 21.9 Å². The molecule has 0 aliphatic rings. The minimum Gasteiger partial charge on any atom is -0.492 e. The second kappa shape index (κ2) is 3.78. The number of hydrogen-bond donors (Lipinski definition) is 1. The van der Waals surface area contributed by atoms with Crippen LogP contribution >= 0.6 is 0 Å². The van der Waals surface area contributed by atoms with Crippen molar-refractivity contribution in [1.29, 1.82) is 0 Å². The summed E-state index contributed by atoms with van der Waals surface area (Å²) in [5.41, 5.74) is 0.858. The van der Waals surface area contributed by atoms with E-state index in [1.165, 1.54) is 7.11 Å². The Morgan fingerprint density at radius 2 is 1.68 bits per heavy atom. The Hall–Kier alpha value is -2.43. The molecule has 0 spiro atoms. The molecule has 5 nitrogen and oxygen atoms in total. The highest BCUT2D eigenvalue weighted by Crippen LogP contribution is 2.41. The van der Waals surface area contributed by atoms with Gasteiger partial charge in [-0.1, -0.05) is 0 Å². The van der Waals surface area contributed by atoms with Crippen LogP contribution in [0, 0.1) is 13.8 Å². The number of aryl methyl sites for hydroxylation is 2. The lowest BCUT2D eigenvalue weighted by Gasteiger charge is -2.05. The highest BCUT2D eigenvalue weighted by Gasteiger charge is 2.24. The van der Waals surface area contributed by atoms with E-state index in [0.717, 1.165) is 0 Å². The molecule has 3 rings (SSSR count). The Bertz CT molecular complexity index is 749. The predicted octanol–water partition coefficient (Wildman–Crippen LogP) is 3.50. The van der Waals surface area contributed by atoms with Crippen molar-refractivity contribution in [3.63, 3.8) is 0 Å². The maximum atomic E-state index is 11.5. The highest BCUT2D eigenvalue weighted by molar-refractivity contribution is 6.16. The van der Waals surface area contributed by atoms with Crippen molar-refractivity contribution in [1.82, 2.24) is 0 Å². The molecule has 0 amide bonds. The molecule has 0 saturated heterocycles. The summed E-state index contributed by atoms with van der Waals surface area (Å²) in [6.45, 7) is 3.52. The van der Waals surface area contributed by atoms with Gasteiger partial charge in [-0.25, -0.2) is 4.79 Å². The SMILES string of the molecule is COc1c2cc(C)oc2c(C(=O)O)c2cc(C)oc12. The minimum atomic E-state index is -1.05. The summed E-state index contributed by atoms with van der Waals surface area (Å²) >= 11 is 0. The van der Waals surface area contributed by atoms with Gasteiger partial charge in [-0.05, 0) is 26.0 Å². The Labute approximate surface area is 108 Å². The lowest BCUT2D eigenvalue weighted by atomic mass is 10.1. The molecule has 0 aliphatic carbocycles. The van der Waals surface area contributed by atoms with E-state index in [4.69, 9.17) is 13.6 Å². The number of furan rings is 2. The van der Waals surface area contributed by atoms with Crippen molar-refractivity contribution in [3.8, 4) is 5.75 Å². The fourth-order valence-electron chi connectivity index (χ4n) is 2.40. The fraction of sp³-hybridized carbons (Fsp3) is 0.214. The molecule has 0 unspecified atom stereocenters. The molecule has 0 saturated carbocycles. The molecular formula is C14H12O5. The molecule has 1 N–H and O–H groups in total. The van der Waals surface area contributed by atoms with Crippen molar-refractivity contribution in [3.05, 3.63) is 29.2 Å². The normalized spacial score (nSPS) is 11.3. The van der Waals surface area contributed by atoms with Gasteiger partial charge in [-0.2, -0.15) is 0 Å². The van der Waals surface area contributed by atoms with E-state index in [-0.39, 0.29) is 5.56 Å². The van der Waals surface area contributed by atoms with Crippen LogP contribution in [0.15, 0.2) is 21.0 Å². The smallest absolute Gasteiger partial charge is 0.340 e. The van der Waals surface area contributed by atoms with Gasteiger partial charge in [0.2, 0.25) is 0 Å². The molecule has 0 bridgehead atoms. The number of rotatable bonds is 2. The lowest BCUT2D eigenvalue weighted by Crippen LogP contribution is -1.98. The molecule has 5 heteroatoms. The van der Waals surface area contributed by atoms with Crippen LogP contribution in [-0.2, 0) is 0 Å². The molecule has 0 atom stereocenters. The van der Waals surface area contributed by atoms with Gasteiger partial charge in [0.05, 0.1) is 12.5 Å². The Morgan fingerprint density at radius 1 is 1.11 bits per heavy atom. The average molecular weight is 260 g/mol. The van der Waals surface area contributed by atoms with Gasteiger partial charge in [-0.15, -0.1) is 0 Å². The van der Waals surface area contributed by atoms with Crippen molar-refractivity contribution in [2.75, 3.05) is 7.11 Å². The van der Waals surface area contributed by atoms with Gasteiger partial charge in [0, 0.05) is 5.39 Å². The van der Waals surface area contributed by atoms with Crippen LogP contribution in [0.2, 0.25) is 0 Å². The van der Waals surface area contributed by atoms with Crippen LogP contribution in [0.5, 0.6) is 5.75 Å². The Balaban J connectivity index is 2.63.